The van der Waals surface area contributed by atoms with Crippen LogP contribution in [0.15, 0.2) is 48.5 Å². The molecule has 0 spiro atoms. The van der Waals surface area contributed by atoms with Gasteiger partial charge in [-0.3, -0.25) is 14.5 Å². The van der Waals surface area contributed by atoms with Crippen molar-refractivity contribution >= 4 is 17.5 Å². The van der Waals surface area contributed by atoms with Crippen LogP contribution in [0.3, 0.4) is 0 Å². The zero-order valence-corrected chi connectivity index (χ0v) is 16.8. The molecule has 0 radical (unpaired) electrons. The molecule has 29 heavy (non-hydrogen) atoms. The Kier molecular flexibility index (Phi) is 5.81. The summed E-state index contributed by atoms with van der Waals surface area (Å²) >= 11 is 0. The number of benzene rings is 2. The molecule has 2 amide bonds. The summed E-state index contributed by atoms with van der Waals surface area (Å²) in [5, 5.41) is 0. The zero-order valence-electron chi connectivity index (χ0n) is 16.8. The van der Waals surface area contributed by atoms with E-state index in [1.165, 1.54) is 5.56 Å². The number of amides is 2. The van der Waals surface area contributed by atoms with Gasteiger partial charge in [-0.05, 0) is 48.7 Å². The Hall–Kier alpha value is -2.86. The maximum absolute atomic E-state index is 13.0. The molecule has 152 valence electrons. The van der Waals surface area contributed by atoms with Gasteiger partial charge >= 0.3 is 0 Å². The number of carbonyl (C=O) groups excluding carboxylic acids is 2. The van der Waals surface area contributed by atoms with Crippen molar-refractivity contribution < 1.29 is 14.3 Å². The van der Waals surface area contributed by atoms with E-state index in [-0.39, 0.29) is 11.8 Å². The summed E-state index contributed by atoms with van der Waals surface area (Å²) in [5.41, 5.74) is 2.89. The molecule has 0 atom stereocenters. The molecule has 0 aliphatic carbocycles. The smallest absolute Gasteiger partial charge is 0.253 e. The highest BCUT2D eigenvalue weighted by molar-refractivity contribution is 5.96. The minimum absolute atomic E-state index is 0.0653. The molecule has 2 aromatic rings. The van der Waals surface area contributed by atoms with Gasteiger partial charge in [-0.25, -0.2) is 0 Å². The molecular weight excluding hydrogens is 366 g/mol. The molecule has 0 unspecified atom stereocenters. The molecule has 1 saturated heterocycles. The van der Waals surface area contributed by atoms with Gasteiger partial charge in [-0.1, -0.05) is 18.2 Å². The topological polar surface area (TPSA) is 53.1 Å². The van der Waals surface area contributed by atoms with Crippen molar-refractivity contribution in [2.75, 3.05) is 51.3 Å². The minimum Gasteiger partial charge on any atom is -0.497 e. The van der Waals surface area contributed by atoms with E-state index in [4.69, 9.17) is 4.74 Å². The minimum atomic E-state index is 0.0653. The number of ether oxygens (including phenoxy) is 1. The van der Waals surface area contributed by atoms with Crippen LogP contribution in [0.5, 0.6) is 5.75 Å². The number of aryl methyl sites for hydroxylation is 1. The molecular formula is C23H27N3O3. The van der Waals surface area contributed by atoms with Crippen molar-refractivity contribution in [3.63, 3.8) is 0 Å². The Morgan fingerprint density at radius 2 is 1.72 bits per heavy atom. The van der Waals surface area contributed by atoms with Gasteiger partial charge in [0.25, 0.3) is 5.91 Å². The molecule has 4 rings (SSSR count). The van der Waals surface area contributed by atoms with Crippen LogP contribution in [0.25, 0.3) is 0 Å². The summed E-state index contributed by atoms with van der Waals surface area (Å²) in [5.74, 6) is 1.02. The fourth-order valence-corrected chi connectivity index (χ4v) is 4.11. The highest BCUT2D eigenvalue weighted by Crippen LogP contribution is 2.30. The highest BCUT2D eigenvalue weighted by atomic mass is 16.5. The second-order valence-corrected chi connectivity index (χ2v) is 7.58. The van der Waals surface area contributed by atoms with Gasteiger partial charge in [0.15, 0.2) is 0 Å². The number of rotatable bonds is 4. The number of methoxy groups -OCH3 is 1. The first-order chi connectivity index (χ1) is 14.2. The Morgan fingerprint density at radius 3 is 2.45 bits per heavy atom. The normalized spacial score (nSPS) is 17.0. The predicted molar refractivity (Wildman–Crippen MR) is 112 cm³/mol. The van der Waals surface area contributed by atoms with E-state index in [1.54, 1.807) is 7.11 Å². The van der Waals surface area contributed by atoms with Crippen LogP contribution in [0.4, 0.5) is 5.69 Å². The molecule has 2 heterocycles. The van der Waals surface area contributed by atoms with E-state index in [0.29, 0.717) is 32.7 Å². The molecule has 2 aromatic carbocycles. The van der Waals surface area contributed by atoms with Gasteiger partial charge in [0.2, 0.25) is 5.91 Å². The molecule has 0 bridgehead atoms. The zero-order chi connectivity index (χ0) is 20.2. The lowest BCUT2D eigenvalue weighted by Gasteiger charge is -2.36. The van der Waals surface area contributed by atoms with E-state index < -0.39 is 0 Å². The number of hydrogen-bond donors (Lipinski definition) is 0. The SMILES string of the molecule is COc1ccc2c(c1)CCCN2C(=O)CN1CCN(C(=O)c2ccccc2)CC1. The van der Waals surface area contributed by atoms with Gasteiger partial charge in [-0.15, -0.1) is 0 Å². The fourth-order valence-electron chi connectivity index (χ4n) is 4.11. The van der Waals surface area contributed by atoms with Crippen LogP contribution >= 0.6 is 0 Å². The largest absolute Gasteiger partial charge is 0.497 e. The van der Waals surface area contributed by atoms with Crippen LogP contribution in [0.2, 0.25) is 0 Å². The number of nitrogens with zero attached hydrogens (tertiary/aromatic N) is 3. The van der Waals surface area contributed by atoms with Crippen LogP contribution in [-0.2, 0) is 11.2 Å². The third kappa shape index (κ3) is 4.27. The maximum atomic E-state index is 13.0. The first kappa shape index (κ1) is 19.5. The van der Waals surface area contributed by atoms with Gasteiger partial charge in [-0.2, -0.15) is 0 Å². The third-order valence-corrected chi connectivity index (χ3v) is 5.75. The summed E-state index contributed by atoms with van der Waals surface area (Å²) < 4.78 is 5.31. The number of piperazine rings is 1. The van der Waals surface area contributed by atoms with Crippen molar-refractivity contribution in [1.29, 1.82) is 0 Å². The van der Waals surface area contributed by atoms with E-state index in [9.17, 15) is 9.59 Å². The summed E-state index contributed by atoms with van der Waals surface area (Å²) in [6.07, 6.45) is 1.93. The van der Waals surface area contributed by atoms with Crippen LogP contribution < -0.4 is 9.64 Å². The van der Waals surface area contributed by atoms with Crippen molar-refractivity contribution in [2.24, 2.45) is 0 Å². The number of hydrogen-bond acceptors (Lipinski definition) is 4. The molecule has 2 aliphatic heterocycles. The Labute approximate surface area is 171 Å². The van der Waals surface area contributed by atoms with E-state index in [1.807, 2.05) is 58.3 Å². The van der Waals surface area contributed by atoms with E-state index in [2.05, 4.69) is 4.90 Å². The second kappa shape index (κ2) is 8.66. The average molecular weight is 393 g/mol. The van der Waals surface area contributed by atoms with E-state index in [0.717, 1.165) is 36.4 Å². The summed E-state index contributed by atoms with van der Waals surface area (Å²) in [6.45, 7) is 3.87. The van der Waals surface area contributed by atoms with Crippen molar-refractivity contribution in [3.05, 3.63) is 59.7 Å². The molecule has 0 aromatic heterocycles. The monoisotopic (exact) mass is 393 g/mol. The van der Waals surface area contributed by atoms with Gasteiger partial charge in [0.1, 0.15) is 5.75 Å². The van der Waals surface area contributed by atoms with Crippen molar-refractivity contribution in [3.8, 4) is 5.75 Å². The van der Waals surface area contributed by atoms with Crippen molar-refractivity contribution in [2.45, 2.75) is 12.8 Å². The Morgan fingerprint density at radius 1 is 0.966 bits per heavy atom. The number of carbonyl (C=O) groups is 2. The van der Waals surface area contributed by atoms with Gasteiger partial charge in [0, 0.05) is 44.0 Å². The summed E-state index contributed by atoms with van der Waals surface area (Å²) in [7, 11) is 1.66. The first-order valence-electron chi connectivity index (χ1n) is 10.2. The van der Waals surface area contributed by atoms with Crippen molar-refractivity contribution in [1.82, 2.24) is 9.80 Å². The van der Waals surface area contributed by atoms with E-state index >= 15 is 0 Å². The average Bonchev–Trinajstić information content (AvgIpc) is 2.78. The maximum Gasteiger partial charge on any atom is 0.253 e. The standard InChI is InChI=1S/C23H27N3O3/c1-29-20-9-10-21-19(16-20)8-5-11-26(21)22(27)17-24-12-14-25(15-13-24)23(28)18-6-3-2-4-7-18/h2-4,6-7,9-10,16H,5,8,11-15,17H2,1H3. The van der Waals surface area contributed by atoms with Gasteiger partial charge in [0.05, 0.1) is 13.7 Å². The number of fused-ring (bicyclic) bond motifs is 1. The second-order valence-electron chi connectivity index (χ2n) is 7.58. The molecule has 0 saturated carbocycles. The van der Waals surface area contributed by atoms with Crippen LogP contribution in [0.1, 0.15) is 22.3 Å². The quantitative estimate of drug-likeness (QED) is 0.801. The fraction of sp³-hybridized carbons (Fsp3) is 0.391. The molecule has 0 N–H and O–H groups in total. The van der Waals surface area contributed by atoms with Gasteiger partial charge < -0.3 is 14.5 Å². The molecule has 1 fully saturated rings. The lowest BCUT2D eigenvalue weighted by molar-refractivity contribution is -0.120. The predicted octanol–water partition coefficient (Wildman–Crippen LogP) is 2.43. The third-order valence-electron chi connectivity index (χ3n) is 5.75. The lowest BCUT2D eigenvalue weighted by atomic mass is 10.0. The lowest BCUT2D eigenvalue weighted by Crippen LogP contribution is -2.52. The molecule has 2 aliphatic rings. The summed E-state index contributed by atoms with van der Waals surface area (Å²) in [4.78, 5) is 31.5. The Balaban J connectivity index is 1.34. The highest BCUT2D eigenvalue weighted by Gasteiger charge is 2.27. The Bertz CT molecular complexity index is 876. The van der Waals surface area contributed by atoms with Crippen LogP contribution in [-0.4, -0.2) is 68.0 Å². The molecule has 6 nitrogen and oxygen atoms in total. The van der Waals surface area contributed by atoms with Crippen LogP contribution in [0, 0.1) is 0 Å². The number of anilines is 1. The molecule has 6 heteroatoms. The summed E-state index contributed by atoms with van der Waals surface area (Å²) in [6, 6.07) is 15.3. The first-order valence-corrected chi connectivity index (χ1v) is 10.2.